The molecule has 5 nitrogen and oxygen atoms in total. The summed E-state index contributed by atoms with van der Waals surface area (Å²) >= 11 is 0. The molecule has 1 aromatic rings. The van der Waals surface area contributed by atoms with Crippen molar-refractivity contribution in [1.29, 1.82) is 0 Å². The number of hydrogen-bond donors (Lipinski definition) is 1. The number of nitrogens with two attached hydrogens (primary N) is 1. The zero-order chi connectivity index (χ0) is 15.5. The second-order valence-electron chi connectivity index (χ2n) is 6.93. The lowest BCUT2D eigenvalue weighted by atomic mass is 9.91. The summed E-state index contributed by atoms with van der Waals surface area (Å²) in [5.41, 5.74) is 5.40. The molecule has 0 saturated heterocycles. The first-order valence-electron chi connectivity index (χ1n) is 8.04. The predicted octanol–water partition coefficient (Wildman–Crippen LogP) is 3.34. The van der Waals surface area contributed by atoms with E-state index in [4.69, 9.17) is 15.5 Å². The molecule has 0 aliphatic heterocycles. The highest BCUT2D eigenvalue weighted by Gasteiger charge is 2.37. The third kappa shape index (κ3) is 3.70. The van der Waals surface area contributed by atoms with E-state index in [1.54, 1.807) is 0 Å². The number of nitrogens with zero attached hydrogens (tertiary/aromatic N) is 3. The van der Waals surface area contributed by atoms with Gasteiger partial charge in [-0.15, -0.1) is 0 Å². The van der Waals surface area contributed by atoms with Crippen molar-refractivity contribution in [3.8, 4) is 0 Å². The molecule has 118 valence electrons. The summed E-state index contributed by atoms with van der Waals surface area (Å²) in [5.74, 6) is 1.77. The molecule has 0 bridgehead atoms. The largest absolute Gasteiger partial charge is 0.368 e. The zero-order valence-corrected chi connectivity index (χ0v) is 13.8. The molecule has 1 saturated carbocycles. The van der Waals surface area contributed by atoms with Crippen molar-refractivity contribution in [2.45, 2.75) is 77.2 Å². The lowest BCUT2D eigenvalue weighted by Crippen LogP contribution is -2.34. The molecule has 2 rings (SSSR count). The molecule has 5 heteroatoms. The lowest BCUT2D eigenvalue weighted by Gasteiger charge is -2.32. The Bertz CT molecular complexity index is 474. The Morgan fingerprint density at radius 2 is 1.67 bits per heavy atom. The van der Waals surface area contributed by atoms with Crippen LogP contribution in [0.25, 0.3) is 0 Å². The highest BCUT2D eigenvalue weighted by molar-refractivity contribution is 5.21. The second-order valence-corrected chi connectivity index (χ2v) is 6.93. The molecule has 1 heterocycles. The van der Waals surface area contributed by atoms with Gasteiger partial charge in [0, 0.05) is 12.0 Å². The topological polar surface area (TPSA) is 73.9 Å². The minimum absolute atomic E-state index is 0.149. The number of ether oxygens (including phenoxy) is 1. The summed E-state index contributed by atoms with van der Waals surface area (Å²) in [6.07, 6.45) is 6.73. The summed E-state index contributed by atoms with van der Waals surface area (Å²) in [5, 5.41) is 0. The number of anilines is 1. The van der Waals surface area contributed by atoms with Gasteiger partial charge in [0.2, 0.25) is 5.95 Å². The van der Waals surface area contributed by atoms with E-state index in [1.807, 2.05) is 6.92 Å². The van der Waals surface area contributed by atoms with Crippen LogP contribution in [0, 0.1) is 0 Å². The first-order chi connectivity index (χ1) is 9.87. The van der Waals surface area contributed by atoms with Crippen LogP contribution in [-0.4, -0.2) is 21.6 Å². The molecule has 0 atom stereocenters. The van der Waals surface area contributed by atoms with Gasteiger partial charge >= 0.3 is 0 Å². The number of hydrogen-bond acceptors (Lipinski definition) is 5. The van der Waals surface area contributed by atoms with Gasteiger partial charge < -0.3 is 10.5 Å². The first-order valence-corrected chi connectivity index (χ1v) is 8.04. The van der Waals surface area contributed by atoms with Crippen LogP contribution in [0.5, 0.6) is 0 Å². The molecule has 1 aromatic heterocycles. The van der Waals surface area contributed by atoms with Gasteiger partial charge in [0.15, 0.2) is 5.82 Å². The SMILES string of the molecule is CCOC1(c2nc(N)nc(C(C)(C)C)n2)CCCCCC1. The molecule has 0 radical (unpaired) electrons. The van der Waals surface area contributed by atoms with Crippen LogP contribution in [0.2, 0.25) is 0 Å². The highest BCUT2D eigenvalue weighted by atomic mass is 16.5. The van der Waals surface area contributed by atoms with E-state index in [0.29, 0.717) is 12.6 Å². The summed E-state index contributed by atoms with van der Waals surface area (Å²) in [4.78, 5) is 13.5. The molecule has 0 spiro atoms. The summed E-state index contributed by atoms with van der Waals surface area (Å²) in [6.45, 7) is 8.96. The average molecular weight is 292 g/mol. The van der Waals surface area contributed by atoms with E-state index in [-0.39, 0.29) is 11.0 Å². The maximum atomic E-state index is 6.15. The average Bonchev–Trinajstić information content (AvgIpc) is 2.64. The minimum Gasteiger partial charge on any atom is -0.368 e. The van der Waals surface area contributed by atoms with Crippen LogP contribution < -0.4 is 5.73 Å². The van der Waals surface area contributed by atoms with Crippen LogP contribution in [0.15, 0.2) is 0 Å². The predicted molar refractivity (Wildman–Crippen MR) is 83.9 cm³/mol. The van der Waals surface area contributed by atoms with Crippen LogP contribution in [0.1, 0.15) is 77.9 Å². The van der Waals surface area contributed by atoms with Crippen molar-refractivity contribution in [2.75, 3.05) is 12.3 Å². The Balaban J connectivity index is 2.46. The van der Waals surface area contributed by atoms with Gasteiger partial charge in [0.25, 0.3) is 0 Å². The van der Waals surface area contributed by atoms with Crippen molar-refractivity contribution in [2.24, 2.45) is 0 Å². The number of rotatable bonds is 3. The van der Waals surface area contributed by atoms with Crippen molar-refractivity contribution in [3.63, 3.8) is 0 Å². The Labute approximate surface area is 127 Å². The van der Waals surface area contributed by atoms with E-state index in [0.717, 1.165) is 37.3 Å². The second kappa shape index (κ2) is 6.26. The van der Waals surface area contributed by atoms with E-state index in [2.05, 4.69) is 30.7 Å². The Morgan fingerprint density at radius 1 is 1.05 bits per heavy atom. The standard InChI is InChI=1S/C16H28N4O/c1-5-21-16(10-8-6-7-9-11-16)13-18-12(15(2,3)4)19-14(17)20-13/h5-11H2,1-4H3,(H2,17,18,19,20). The van der Waals surface area contributed by atoms with Gasteiger partial charge in [-0.05, 0) is 19.8 Å². The smallest absolute Gasteiger partial charge is 0.223 e. The van der Waals surface area contributed by atoms with Crippen molar-refractivity contribution in [3.05, 3.63) is 11.6 Å². The normalized spacial score (nSPS) is 19.2. The third-order valence-electron chi connectivity index (χ3n) is 4.06. The van der Waals surface area contributed by atoms with Crippen LogP contribution in [0.4, 0.5) is 5.95 Å². The fraction of sp³-hybridized carbons (Fsp3) is 0.812. The van der Waals surface area contributed by atoms with Crippen LogP contribution in [-0.2, 0) is 15.8 Å². The molecule has 21 heavy (non-hydrogen) atoms. The number of aromatic nitrogens is 3. The monoisotopic (exact) mass is 292 g/mol. The minimum atomic E-state index is -0.387. The van der Waals surface area contributed by atoms with Gasteiger partial charge in [-0.2, -0.15) is 9.97 Å². The van der Waals surface area contributed by atoms with E-state index < -0.39 is 0 Å². The Hall–Kier alpha value is -1.23. The molecule has 1 fully saturated rings. The fourth-order valence-corrected chi connectivity index (χ4v) is 2.94. The molecule has 0 aromatic carbocycles. The third-order valence-corrected chi connectivity index (χ3v) is 4.06. The van der Waals surface area contributed by atoms with Gasteiger partial charge in [-0.25, -0.2) is 4.98 Å². The van der Waals surface area contributed by atoms with Gasteiger partial charge in [0.05, 0.1) is 0 Å². The van der Waals surface area contributed by atoms with E-state index in [1.165, 1.54) is 12.8 Å². The maximum absolute atomic E-state index is 6.15. The first kappa shape index (κ1) is 16.1. The van der Waals surface area contributed by atoms with Crippen LogP contribution >= 0.6 is 0 Å². The Kier molecular flexibility index (Phi) is 4.81. The molecular formula is C16H28N4O. The van der Waals surface area contributed by atoms with Crippen LogP contribution in [0.3, 0.4) is 0 Å². The van der Waals surface area contributed by atoms with Crippen molar-refractivity contribution >= 4 is 5.95 Å². The molecule has 0 amide bonds. The van der Waals surface area contributed by atoms with Crippen molar-refractivity contribution < 1.29 is 4.74 Å². The Morgan fingerprint density at radius 3 is 2.19 bits per heavy atom. The molecular weight excluding hydrogens is 264 g/mol. The highest BCUT2D eigenvalue weighted by Crippen LogP contribution is 2.38. The maximum Gasteiger partial charge on any atom is 0.223 e. The molecule has 0 unspecified atom stereocenters. The molecule has 1 aliphatic rings. The van der Waals surface area contributed by atoms with E-state index in [9.17, 15) is 0 Å². The molecule has 2 N–H and O–H groups in total. The summed E-state index contributed by atoms with van der Waals surface area (Å²) in [6, 6.07) is 0. The van der Waals surface area contributed by atoms with E-state index >= 15 is 0 Å². The van der Waals surface area contributed by atoms with Gasteiger partial charge in [-0.3, -0.25) is 0 Å². The lowest BCUT2D eigenvalue weighted by molar-refractivity contribution is -0.0627. The fourth-order valence-electron chi connectivity index (χ4n) is 2.94. The van der Waals surface area contributed by atoms with Gasteiger partial charge in [0.1, 0.15) is 11.4 Å². The summed E-state index contributed by atoms with van der Waals surface area (Å²) in [7, 11) is 0. The quantitative estimate of drug-likeness (QED) is 0.865. The zero-order valence-electron chi connectivity index (χ0n) is 13.8. The molecule has 1 aliphatic carbocycles. The number of nitrogen functional groups attached to an aromatic ring is 1. The van der Waals surface area contributed by atoms with Crippen molar-refractivity contribution in [1.82, 2.24) is 15.0 Å². The van der Waals surface area contributed by atoms with Gasteiger partial charge in [-0.1, -0.05) is 46.5 Å². The summed E-state index contributed by atoms with van der Waals surface area (Å²) < 4.78 is 6.15.